The normalized spacial score (nSPS) is 13.5. The summed E-state index contributed by atoms with van der Waals surface area (Å²) in [6.45, 7) is 2.17. The van der Waals surface area contributed by atoms with Gasteiger partial charge in [-0.1, -0.05) is 36.4 Å². The summed E-state index contributed by atoms with van der Waals surface area (Å²) in [6, 6.07) is 14.2. The van der Waals surface area contributed by atoms with Crippen molar-refractivity contribution in [2.24, 2.45) is 5.10 Å². The van der Waals surface area contributed by atoms with Crippen LogP contribution in [0.4, 0.5) is 10.1 Å². The Kier molecular flexibility index (Phi) is 5.41. The average molecular weight is 353 g/mol. The second-order valence-corrected chi connectivity index (χ2v) is 6.19. The molecular weight excluding hydrogens is 333 g/mol. The number of carbonyl (C=O) groups excluding carboxylic acids is 2. The first kappa shape index (κ1) is 17.8. The van der Waals surface area contributed by atoms with Gasteiger partial charge in [0, 0.05) is 24.9 Å². The summed E-state index contributed by atoms with van der Waals surface area (Å²) in [7, 11) is 0. The molecule has 0 aliphatic carbocycles. The van der Waals surface area contributed by atoms with E-state index in [0.29, 0.717) is 24.2 Å². The summed E-state index contributed by atoms with van der Waals surface area (Å²) in [4.78, 5) is 24.2. The molecule has 0 unspecified atom stereocenters. The Hall–Kier alpha value is -3.02. The van der Waals surface area contributed by atoms with Crippen molar-refractivity contribution in [1.29, 1.82) is 0 Å². The maximum atomic E-state index is 13.5. The van der Waals surface area contributed by atoms with Gasteiger partial charge in [-0.3, -0.25) is 9.59 Å². The van der Waals surface area contributed by atoms with Crippen molar-refractivity contribution in [2.75, 3.05) is 11.9 Å². The third-order valence-electron chi connectivity index (χ3n) is 4.22. The lowest BCUT2D eigenvalue weighted by Gasteiger charge is -2.11. The first-order chi connectivity index (χ1) is 12.5. The minimum atomic E-state index is -0.376. The number of benzene rings is 2. The molecule has 5 nitrogen and oxygen atoms in total. The van der Waals surface area contributed by atoms with Crippen LogP contribution in [0, 0.1) is 12.7 Å². The van der Waals surface area contributed by atoms with Crippen LogP contribution < -0.4 is 5.32 Å². The molecule has 134 valence electrons. The van der Waals surface area contributed by atoms with Crippen LogP contribution in [0.2, 0.25) is 0 Å². The van der Waals surface area contributed by atoms with E-state index in [2.05, 4.69) is 10.4 Å². The predicted octanol–water partition coefficient (Wildman–Crippen LogP) is 3.49. The van der Waals surface area contributed by atoms with Crippen molar-refractivity contribution in [3.8, 4) is 0 Å². The molecule has 1 heterocycles. The summed E-state index contributed by atoms with van der Waals surface area (Å²) in [5, 5.41) is 8.38. The average Bonchev–Trinajstić information content (AvgIpc) is 3.14. The van der Waals surface area contributed by atoms with Crippen molar-refractivity contribution in [3.05, 3.63) is 65.5 Å². The van der Waals surface area contributed by atoms with E-state index in [9.17, 15) is 14.0 Å². The zero-order valence-corrected chi connectivity index (χ0v) is 14.5. The number of anilines is 1. The standard InChI is InChI=1S/C20H20FN3O2/c1-14-7-8-16(13-17(14)21)22-19(25)9-10-20(26)24-12-11-18(23-24)15-5-3-2-4-6-15/h2-8,13H,9-12H2,1H3,(H,22,25). The third-order valence-corrected chi connectivity index (χ3v) is 4.22. The minimum Gasteiger partial charge on any atom is -0.326 e. The molecule has 0 saturated carbocycles. The van der Waals surface area contributed by atoms with Crippen molar-refractivity contribution in [3.63, 3.8) is 0 Å². The van der Waals surface area contributed by atoms with Gasteiger partial charge in [0.1, 0.15) is 5.82 Å². The predicted molar refractivity (Wildman–Crippen MR) is 98.3 cm³/mol. The monoisotopic (exact) mass is 353 g/mol. The van der Waals surface area contributed by atoms with Gasteiger partial charge < -0.3 is 5.32 Å². The summed E-state index contributed by atoms with van der Waals surface area (Å²) >= 11 is 0. The van der Waals surface area contributed by atoms with Crippen LogP contribution in [-0.4, -0.2) is 29.1 Å². The van der Waals surface area contributed by atoms with Gasteiger partial charge in [-0.2, -0.15) is 5.10 Å². The van der Waals surface area contributed by atoms with Gasteiger partial charge in [-0.25, -0.2) is 9.40 Å². The third kappa shape index (κ3) is 4.33. The fourth-order valence-electron chi connectivity index (χ4n) is 2.71. The molecule has 6 heteroatoms. The second-order valence-electron chi connectivity index (χ2n) is 6.19. The van der Waals surface area contributed by atoms with Crippen molar-refractivity contribution in [2.45, 2.75) is 26.2 Å². The van der Waals surface area contributed by atoms with Crippen LogP contribution in [0.3, 0.4) is 0 Å². The number of aryl methyl sites for hydroxylation is 1. The van der Waals surface area contributed by atoms with Crippen LogP contribution in [-0.2, 0) is 9.59 Å². The van der Waals surface area contributed by atoms with Crippen molar-refractivity contribution >= 4 is 23.2 Å². The smallest absolute Gasteiger partial charge is 0.243 e. The quantitative estimate of drug-likeness (QED) is 0.894. The molecule has 0 spiro atoms. The number of hydrazone groups is 1. The lowest BCUT2D eigenvalue weighted by molar-refractivity contribution is -0.132. The van der Waals surface area contributed by atoms with Crippen LogP contribution >= 0.6 is 0 Å². The molecule has 1 aliphatic heterocycles. The van der Waals surface area contributed by atoms with E-state index in [0.717, 1.165) is 11.3 Å². The maximum Gasteiger partial charge on any atom is 0.243 e. The Morgan fingerprint density at radius 3 is 2.65 bits per heavy atom. The molecule has 1 N–H and O–H groups in total. The van der Waals surface area contributed by atoms with Crippen LogP contribution in [0.5, 0.6) is 0 Å². The lowest BCUT2D eigenvalue weighted by atomic mass is 10.1. The van der Waals surface area contributed by atoms with E-state index in [4.69, 9.17) is 0 Å². The molecule has 0 bridgehead atoms. The molecule has 3 rings (SSSR count). The van der Waals surface area contributed by atoms with E-state index in [-0.39, 0.29) is 30.5 Å². The van der Waals surface area contributed by atoms with Crippen molar-refractivity contribution < 1.29 is 14.0 Å². The molecule has 2 amide bonds. The molecule has 2 aromatic carbocycles. The first-order valence-electron chi connectivity index (χ1n) is 8.52. The lowest BCUT2D eigenvalue weighted by Crippen LogP contribution is -2.25. The highest BCUT2D eigenvalue weighted by Gasteiger charge is 2.21. The highest BCUT2D eigenvalue weighted by atomic mass is 19.1. The Labute approximate surface area is 151 Å². The number of nitrogens with zero attached hydrogens (tertiary/aromatic N) is 2. The highest BCUT2D eigenvalue weighted by Crippen LogP contribution is 2.16. The Balaban J connectivity index is 1.51. The largest absolute Gasteiger partial charge is 0.326 e. The molecule has 0 fully saturated rings. The summed E-state index contributed by atoms with van der Waals surface area (Å²) in [5.74, 6) is -0.895. The van der Waals surface area contributed by atoms with E-state index in [1.807, 2.05) is 30.3 Å². The number of hydrogen-bond donors (Lipinski definition) is 1. The SMILES string of the molecule is Cc1ccc(NC(=O)CCC(=O)N2CCC(c3ccccc3)=N2)cc1F. The summed E-state index contributed by atoms with van der Waals surface area (Å²) in [6.07, 6.45) is 0.789. The van der Waals surface area contributed by atoms with E-state index in [1.54, 1.807) is 19.1 Å². The van der Waals surface area contributed by atoms with Gasteiger partial charge in [0.15, 0.2) is 0 Å². The highest BCUT2D eigenvalue weighted by molar-refractivity contribution is 6.02. The van der Waals surface area contributed by atoms with Crippen LogP contribution in [0.15, 0.2) is 53.6 Å². The Bertz CT molecular complexity index is 849. The molecule has 1 aliphatic rings. The van der Waals surface area contributed by atoms with Gasteiger partial charge >= 0.3 is 0 Å². The zero-order chi connectivity index (χ0) is 18.5. The van der Waals surface area contributed by atoms with Crippen molar-refractivity contribution in [1.82, 2.24) is 5.01 Å². The van der Waals surface area contributed by atoms with Gasteiger partial charge in [0.05, 0.1) is 12.3 Å². The van der Waals surface area contributed by atoms with Gasteiger partial charge in [0.2, 0.25) is 11.8 Å². The van der Waals surface area contributed by atoms with E-state index < -0.39 is 0 Å². The molecule has 0 radical (unpaired) electrons. The second kappa shape index (κ2) is 7.91. The molecule has 0 aromatic heterocycles. The fourth-order valence-corrected chi connectivity index (χ4v) is 2.71. The first-order valence-corrected chi connectivity index (χ1v) is 8.52. The topological polar surface area (TPSA) is 61.8 Å². The van der Waals surface area contributed by atoms with Crippen LogP contribution in [0.25, 0.3) is 0 Å². The Morgan fingerprint density at radius 1 is 1.15 bits per heavy atom. The van der Waals surface area contributed by atoms with E-state index in [1.165, 1.54) is 11.1 Å². The number of carbonyl (C=O) groups is 2. The van der Waals surface area contributed by atoms with Gasteiger partial charge in [-0.05, 0) is 30.2 Å². The number of halogens is 1. The fraction of sp³-hybridized carbons (Fsp3) is 0.250. The molecule has 2 aromatic rings. The maximum absolute atomic E-state index is 13.5. The van der Waals surface area contributed by atoms with Gasteiger partial charge in [-0.15, -0.1) is 0 Å². The molecule has 0 atom stereocenters. The summed E-state index contributed by atoms with van der Waals surface area (Å²) in [5.41, 5.74) is 2.77. The number of nitrogens with one attached hydrogen (secondary N) is 1. The Morgan fingerprint density at radius 2 is 1.92 bits per heavy atom. The number of rotatable bonds is 5. The molecular formula is C20H20FN3O2. The zero-order valence-electron chi connectivity index (χ0n) is 14.5. The number of hydrogen-bond acceptors (Lipinski definition) is 3. The minimum absolute atomic E-state index is 0.0288. The molecule has 0 saturated heterocycles. The van der Waals surface area contributed by atoms with Crippen LogP contribution in [0.1, 0.15) is 30.4 Å². The molecule has 26 heavy (non-hydrogen) atoms. The van der Waals surface area contributed by atoms with Gasteiger partial charge in [0.25, 0.3) is 0 Å². The van der Waals surface area contributed by atoms with E-state index >= 15 is 0 Å². The summed E-state index contributed by atoms with van der Waals surface area (Å²) < 4.78 is 13.5. The number of amides is 2.